The van der Waals surface area contributed by atoms with Crippen LogP contribution >= 0.6 is 0 Å². The second-order valence-electron chi connectivity index (χ2n) is 7.85. The molecule has 0 saturated heterocycles. The predicted molar refractivity (Wildman–Crippen MR) is 114 cm³/mol. The van der Waals surface area contributed by atoms with Gasteiger partial charge in [0.1, 0.15) is 0 Å². The van der Waals surface area contributed by atoms with Gasteiger partial charge in [-0.1, -0.05) is 45.4 Å². The standard InChI is InChI=1S/C23H31N3O/c1-6-15(3)13-26-14-19-18(10-11-20(24)22(19)23(26)27)17-9-8-16(7-2)21(12-17)25(4)5/h8-12,15H,6-7,13-14,24H2,1-5H3. The maximum atomic E-state index is 13.0. The minimum atomic E-state index is 0.0719. The number of nitrogen functional groups attached to an aromatic ring is 1. The topological polar surface area (TPSA) is 49.6 Å². The summed E-state index contributed by atoms with van der Waals surface area (Å²) in [5.41, 5.74) is 13.4. The lowest BCUT2D eigenvalue weighted by atomic mass is 9.94. The summed E-state index contributed by atoms with van der Waals surface area (Å²) in [6, 6.07) is 10.5. The fraction of sp³-hybridized carbons (Fsp3) is 0.435. The molecule has 0 saturated carbocycles. The van der Waals surface area contributed by atoms with E-state index in [1.54, 1.807) is 0 Å². The quantitative estimate of drug-likeness (QED) is 0.763. The van der Waals surface area contributed by atoms with Gasteiger partial charge in [0, 0.05) is 38.6 Å². The molecule has 1 amide bonds. The van der Waals surface area contributed by atoms with Gasteiger partial charge in [-0.3, -0.25) is 4.79 Å². The van der Waals surface area contributed by atoms with Gasteiger partial charge in [-0.05, 0) is 46.7 Å². The Labute approximate surface area is 163 Å². The van der Waals surface area contributed by atoms with E-state index >= 15 is 0 Å². The molecule has 0 fully saturated rings. The fourth-order valence-corrected chi connectivity index (χ4v) is 3.87. The first-order chi connectivity index (χ1) is 12.9. The number of amides is 1. The summed E-state index contributed by atoms with van der Waals surface area (Å²) in [5.74, 6) is 0.555. The molecule has 1 aliphatic rings. The highest BCUT2D eigenvalue weighted by molar-refractivity contribution is 6.05. The minimum absolute atomic E-state index is 0.0719. The number of fused-ring (bicyclic) bond motifs is 1. The number of benzene rings is 2. The Morgan fingerprint density at radius 1 is 1.19 bits per heavy atom. The van der Waals surface area contributed by atoms with E-state index in [0.717, 1.165) is 36.1 Å². The third-order valence-electron chi connectivity index (χ3n) is 5.68. The first kappa shape index (κ1) is 19.3. The van der Waals surface area contributed by atoms with Crippen molar-refractivity contribution in [1.82, 2.24) is 4.90 Å². The van der Waals surface area contributed by atoms with E-state index in [1.165, 1.54) is 11.3 Å². The molecule has 1 heterocycles. The van der Waals surface area contributed by atoms with Crippen molar-refractivity contribution in [2.45, 2.75) is 40.2 Å². The molecule has 1 aliphatic heterocycles. The Hall–Kier alpha value is -2.49. The molecular formula is C23H31N3O. The number of nitrogens with two attached hydrogens (primary N) is 1. The molecule has 2 aromatic carbocycles. The van der Waals surface area contributed by atoms with Crippen molar-refractivity contribution in [2.24, 2.45) is 5.92 Å². The third-order valence-corrected chi connectivity index (χ3v) is 5.68. The SMILES string of the molecule is CCc1ccc(-c2ccc(N)c3c2CN(CC(C)CC)C3=O)cc1N(C)C. The zero-order chi connectivity index (χ0) is 19.7. The van der Waals surface area contributed by atoms with E-state index in [2.05, 4.69) is 64.0 Å². The van der Waals surface area contributed by atoms with Crippen LogP contribution in [0.3, 0.4) is 0 Å². The summed E-state index contributed by atoms with van der Waals surface area (Å²) in [5, 5.41) is 0. The van der Waals surface area contributed by atoms with Crippen LogP contribution < -0.4 is 10.6 Å². The van der Waals surface area contributed by atoms with Crippen molar-refractivity contribution in [3.05, 3.63) is 47.0 Å². The Bertz CT molecular complexity index is 857. The molecule has 27 heavy (non-hydrogen) atoms. The first-order valence-corrected chi connectivity index (χ1v) is 9.88. The summed E-state index contributed by atoms with van der Waals surface area (Å²) in [4.78, 5) is 17.1. The average molecular weight is 366 g/mol. The molecule has 1 unspecified atom stereocenters. The fourth-order valence-electron chi connectivity index (χ4n) is 3.87. The van der Waals surface area contributed by atoms with E-state index in [1.807, 2.05) is 11.0 Å². The Kier molecular flexibility index (Phi) is 5.45. The number of aryl methyl sites for hydroxylation is 1. The highest BCUT2D eigenvalue weighted by Gasteiger charge is 2.32. The van der Waals surface area contributed by atoms with Gasteiger partial charge in [0.2, 0.25) is 0 Å². The first-order valence-electron chi connectivity index (χ1n) is 9.88. The number of carbonyl (C=O) groups excluding carboxylic acids is 1. The second kappa shape index (κ2) is 7.63. The van der Waals surface area contributed by atoms with Crippen LogP contribution in [-0.4, -0.2) is 31.4 Å². The molecule has 144 valence electrons. The Balaban J connectivity index is 2.06. The predicted octanol–water partition coefficient (Wildman–Crippen LogP) is 4.57. The maximum absolute atomic E-state index is 13.0. The monoisotopic (exact) mass is 365 g/mol. The second-order valence-corrected chi connectivity index (χ2v) is 7.85. The van der Waals surface area contributed by atoms with Gasteiger partial charge in [0.05, 0.1) is 5.56 Å². The summed E-state index contributed by atoms with van der Waals surface area (Å²) < 4.78 is 0. The van der Waals surface area contributed by atoms with Crippen molar-refractivity contribution >= 4 is 17.3 Å². The van der Waals surface area contributed by atoms with Gasteiger partial charge >= 0.3 is 0 Å². The molecule has 0 aromatic heterocycles. The van der Waals surface area contributed by atoms with Crippen molar-refractivity contribution < 1.29 is 4.79 Å². The molecule has 2 aromatic rings. The van der Waals surface area contributed by atoms with E-state index in [9.17, 15) is 4.79 Å². The number of nitrogens with zero attached hydrogens (tertiary/aromatic N) is 2. The average Bonchev–Trinajstić information content (AvgIpc) is 2.98. The van der Waals surface area contributed by atoms with E-state index < -0.39 is 0 Å². The molecule has 0 radical (unpaired) electrons. The van der Waals surface area contributed by atoms with Crippen LogP contribution in [0.25, 0.3) is 11.1 Å². The van der Waals surface area contributed by atoms with Crippen LogP contribution in [0.1, 0.15) is 48.7 Å². The van der Waals surface area contributed by atoms with Crippen LogP contribution in [0, 0.1) is 5.92 Å². The lowest BCUT2D eigenvalue weighted by Gasteiger charge is -2.20. The van der Waals surface area contributed by atoms with E-state index in [-0.39, 0.29) is 5.91 Å². The lowest BCUT2D eigenvalue weighted by molar-refractivity contribution is 0.0755. The molecule has 0 aliphatic carbocycles. The van der Waals surface area contributed by atoms with Gasteiger partial charge in [0.25, 0.3) is 5.91 Å². The highest BCUT2D eigenvalue weighted by Crippen LogP contribution is 2.38. The van der Waals surface area contributed by atoms with Crippen molar-refractivity contribution in [3.8, 4) is 11.1 Å². The van der Waals surface area contributed by atoms with Gasteiger partial charge in [-0.15, -0.1) is 0 Å². The van der Waals surface area contributed by atoms with Crippen LogP contribution in [0.15, 0.2) is 30.3 Å². The van der Waals surface area contributed by atoms with Gasteiger partial charge in [-0.2, -0.15) is 0 Å². The van der Waals surface area contributed by atoms with Gasteiger partial charge in [-0.25, -0.2) is 0 Å². The van der Waals surface area contributed by atoms with Crippen molar-refractivity contribution in [1.29, 1.82) is 0 Å². The van der Waals surface area contributed by atoms with Gasteiger partial charge in [0.15, 0.2) is 0 Å². The van der Waals surface area contributed by atoms with Gasteiger partial charge < -0.3 is 15.5 Å². The Morgan fingerprint density at radius 3 is 2.56 bits per heavy atom. The molecule has 0 bridgehead atoms. The summed E-state index contributed by atoms with van der Waals surface area (Å²) in [7, 11) is 4.14. The number of anilines is 2. The van der Waals surface area contributed by atoms with Crippen LogP contribution in [0.5, 0.6) is 0 Å². The summed E-state index contributed by atoms with van der Waals surface area (Å²) in [6.07, 6.45) is 2.06. The maximum Gasteiger partial charge on any atom is 0.256 e. The van der Waals surface area contributed by atoms with E-state index in [0.29, 0.717) is 23.7 Å². The molecule has 4 heteroatoms. The van der Waals surface area contributed by atoms with Crippen molar-refractivity contribution in [2.75, 3.05) is 31.3 Å². The Morgan fingerprint density at radius 2 is 1.93 bits per heavy atom. The normalized spacial score (nSPS) is 14.4. The molecule has 1 atom stereocenters. The van der Waals surface area contributed by atoms with Crippen LogP contribution in [0.4, 0.5) is 11.4 Å². The zero-order valence-corrected chi connectivity index (χ0v) is 17.2. The number of hydrogen-bond acceptors (Lipinski definition) is 3. The number of rotatable bonds is 6. The lowest BCUT2D eigenvalue weighted by Crippen LogP contribution is -2.28. The number of carbonyl (C=O) groups is 1. The molecule has 2 N–H and O–H groups in total. The molecule has 0 spiro atoms. The minimum Gasteiger partial charge on any atom is -0.398 e. The van der Waals surface area contributed by atoms with E-state index in [4.69, 9.17) is 5.73 Å². The van der Waals surface area contributed by atoms with Crippen molar-refractivity contribution in [3.63, 3.8) is 0 Å². The molecule has 4 nitrogen and oxygen atoms in total. The zero-order valence-electron chi connectivity index (χ0n) is 17.2. The highest BCUT2D eigenvalue weighted by atomic mass is 16.2. The molecular weight excluding hydrogens is 334 g/mol. The van der Waals surface area contributed by atoms with Crippen LogP contribution in [0.2, 0.25) is 0 Å². The molecule has 3 rings (SSSR count). The number of hydrogen-bond donors (Lipinski definition) is 1. The van der Waals surface area contributed by atoms with Crippen LogP contribution in [-0.2, 0) is 13.0 Å². The largest absolute Gasteiger partial charge is 0.398 e. The summed E-state index contributed by atoms with van der Waals surface area (Å²) >= 11 is 0. The summed E-state index contributed by atoms with van der Waals surface area (Å²) in [6.45, 7) is 7.95. The third kappa shape index (κ3) is 3.53. The smallest absolute Gasteiger partial charge is 0.256 e.